The lowest BCUT2D eigenvalue weighted by Crippen LogP contribution is -2.38. The van der Waals surface area contributed by atoms with Gasteiger partial charge in [-0.05, 0) is 43.7 Å². The average molecular weight is 470 g/mol. The average Bonchev–Trinajstić information content (AvgIpc) is 3.29. The third-order valence-corrected chi connectivity index (χ3v) is 4.78. The van der Waals surface area contributed by atoms with Crippen molar-refractivity contribution >= 4 is 40.8 Å². The van der Waals surface area contributed by atoms with E-state index in [1.807, 2.05) is 0 Å². The van der Waals surface area contributed by atoms with Crippen LogP contribution in [0.25, 0.3) is 10.9 Å². The lowest BCUT2D eigenvalue weighted by molar-refractivity contribution is 0.117. The maximum atomic E-state index is 5.65. The first-order chi connectivity index (χ1) is 12.3. The molecule has 3 N–H and O–H groups in total. The van der Waals surface area contributed by atoms with Crippen molar-refractivity contribution in [2.45, 2.75) is 45.6 Å². The molecule has 0 aliphatic carbocycles. The van der Waals surface area contributed by atoms with Gasteiger partial charge in [0.1, 0.15) is 0 Å². The molecule has 1 aliphatic heterocycles. The van der Waals surface area contributed by atoms with Gasteiger partial charge in [-0.2, -0.15) is 0 Å². The van der Waals surface area contributed by atoms with Crippen molar-refractivity contribution in [1.82, 2.24) is 15.6 Å². The highest BCUT2D eigenvalue weighted by Gasteiger charge is 2.14. The Labute approximate surface area is 173 Å². The van der Waals surface area contributed by atoms with E-state index in [1.54, 1.807) is 0 Å². The van der Waals surface area contributed by atoms with Gasteiger partial charge >= 0.3 is 0 Å². The number of H-pyrrole nitrogens is 1. The maximum absolute atomic E-state index is 5.65. The first-order valence-corrected chi connectivity index (χ1v) is 9.53. The summed E-state index contributed by atoms with van der Waals surface area (Å²) in [6, 6.07) is 6.55. The van der Waals surface area contributed by atoms with Crippen molar-refractivity contribution in [3.8, 4) is 0 Å². The molecule has 2 heterocycles. The summed E-state index contributed by atoms with van der Waals surface area (Å²) in [5.41, 5.74) is 4.01. The van der Waals surface area contributed by atoms with Crippen LogP contribution >= 0.6 is 24.0 Å². The molecule has 1 fully saturated rings. The summed E-state index contributed by atoms with van der Waals surface area (Å²) in [6.45, 7) is 7.64. The number of hydrogen-bond donors (Lipinski definition) is 3. The minimum atomic E-state index is 0. The number of aliphatic imine (C=N–C) groups is 1. The van der Waals surface area contributed by atoms with Gasteiger partial charge in [0.15, 0.2) is 5.96 Å². The normalized spacial score (nSPS) is 17.3. The van der Waals surface area contributed by atoms with Gasteiger partial charge in [-0.25, -0.2) is 0 Å². The summed E-state index contributed by atoms with van der Waals surface area (Å²) in [5, 5.41) is 8.10. The molecule has 1 saturated heterocycles. The van der Waals surface area contributed by atoms with E-state index in [2.05, 4.69) is 58.9 Å². The minimum absolute atomic E-state index is 0. The fourth-order valence-corrected chi connectivity index (χ4v) is 3.42. The number of halogens is 1. The molecule has 0 bridgehead atoms. The van der Waals surface area contributed by atoms with Gasteiger partial charge in [0.25, 0.3) is 0 Å². The number of ether oxygens (including phenoxy) is 1. The number of nitrogens with one attached hydrogen (secondary N) is 3. The van der Waals surface area contributed by atoms with Gasteiger partial charge < -0.3 is 20.4 Å². The SMILES string of the molecule is CCNC(=NCC1CCCO1)NCCc1c[nH]c2c(CC)cccc12.I. The van der Waals surface area contributed by atoms with Gasteiger partial charge in [-0.3, -0.25) is 4.99 Å². The van der Waals surface area contributed by atoms with Crippen molar-refractivity contribution in [1.29, 1.82) is 0 Å². The summed E-state index contributed by atoms with van der Waals surface area (Å²) in [6.07, 6.45) is 6.73. The predicted molar refractivity (Wildman–Crippen MR) is 120 cm³/mol. The number of rotatable bonds is 7. The molecule has 144 valence electrons. The number of aromatic nitrogens is 1. The van der Waals surface area contributed by atoms with Crippen molar-refractivity contribution in [3.05, 3.63) is 35.5 Å². The molecule has 0 spiro atoms. The van der Waals surface area contributed by atoms with Crippen LogP contribution in [0.4, 0.5) is 0 Å². The fraction of sp³-hybridized carbons (Fsp3) is 0.550. The van der Waals surface area contributed by atoms with Gasteiger partial charge in [0, 0.05) is 36.8 Å². The Hall–Kier alpha value is -1.28. The molecule has 2 aromatic rings. The molecule has 1 aliphatic rings. The minimum Gasteiger partial charge on any atom is -0.376 e. The van der Waals surface area contributed by atoms with Gasteiger partial charge in [0.05, 0.1) is 12.6 Å². The lowest BCUT2D eigenvalue weighted by atomic mass is 10.1. The van der Waals surface area contributed by atoms with Crippen LogP contribution in [0.5, 0.6) is 0 Å². The molecule has 0 amide bonds. The van der Waals surface area contributed by atoms with E-state index in [9.17, 15) is 0 Å². The second-order valence-corrected chi connectivity index (χ2v) is 6.54. The van der Waals surface area contributed by atoms with E-state index in [1.165, 1.54) is 22.0 Å². The molecule has 1 unspecified atom stereocenters. The first-order valence-electron chi connectivity index (χ1n) is 9.53. The van der Waals surface area contributed by atoms with Crippen molar-refractivity contribution < 1.29 is 4.74 Å². The number of hydrogen-bond acceptors (Lipinski definition) is 2. The Morgan fingerprint density at radius 1 is 1.27 bits per heavy atom. The molecule has 1 atom stereocenters. The highest BCUT2D eigenvalue weighted by atomic mass is 127. The number of para-hydroxylation sites is 1. The number of aromatic amines is 1. The van der Waals surface area contributed by atoms with Crippen LogP contribution in [0.15, 0.2) is 29.4 Å². The van der Waals surface area contributed by atoms with E-state index < -0.39 is 0 Å². The predicted octanol–water partition coefficient (Wildman–Crippen LogP) is 3.62. The third-order valence-electron chi connectivity index (χ3n) is 4.78. The van der Waals surface area contributed by atoms with Crippen LogP contribution in [-0.4, -0.2) is 43.3 Å². The molecule has 26 heavy (non-hydrogen) atoms. The molecule has 0 radical (unpaired) electrons. The highest BCUT2D eigenvalue weighted by molar-refractivity contribution is 14.0. The lowest BCUT2D eigenvalue weighted by Gasteiger charge is -2.12. The van der Waals surface area contributed by atoms with Crippen LogP contribution in [0, 0.1) is 0 Å². The summed E-state index contributed by atoms with van der Waals surface area (Å²) in [7, 11) is 0. The van der Waals surface area contributed by atoms with Crippen LogP contribution in [0.1, 0.15) is 37.8 Å². The number of guanidine groups is 1. The van der Waals surface area contributed by atoms with E-state index in [4.69, 9.17) is 4.74 Å². The van der Waals surface area contributed by atoms with Gasteiger partial charge in [-0.15, -0.1) is 24.0 Å². The molecule has 1 aromatic carbocycles. The topological polar surface area (TPSA) is 61.4 Å². The number of aryl methyl sites for hydroxylation is 1. The fourth-order valence-electron chi connectivity index (χ4n) is 3.42. The zero-order valence-corrected chi connectivity index (χ0v) is 18.1. The Kier molecular flexibility index (Phi) is 8.71. The Morgan fingerprint density at radius 3 is 2.88 bits per heavy atom. The van der Waals surface area contributed by atoms with Crippen molar-refractivity contribution in [3.63, 3.8) is 0 Å². The molecule has 3 rings (SSSR count). The molecular weight excluding hydrogens is 439 g/mol. The molecule has 1 aromatic heterocycles. The Balaban J connectivity index is 0.00000243. The van der Waals surface area contributed by atoms with Crippen LogP contribution in [-0.2, 0) is 17.6 Å². The van der Waals surface area contributed by atoms with E-state index in [-0.39, 0.29) is 30.1 Å². The first kappa shape index (κ1) is 21.0. The summed E-state index contributed by atoms with van der Waals surface area (Å²) < 4.78 is 5.65. The van der Waals surface area contributed by atoms with E-state index >= 15 is 0 Å². The molecule has 6 heteroatoms. The second-order valence-electron chi connectivity index (χ2n) is 6.54. The standard InChI is InChI=1S/C20H30N4O.HI/c1-3-15-7-5-9-18-16(13-23-19(15)18)10-11-22-20(21-4-2)24-14-17-8-6-12-25-17;/h5,7,9,13,17,23H,3-4,6,8,10-12,14H2,1-2H3,(H2,21,22,24);1H. The van der Waals surface area contributed by atoms with Crippen LogP contribution in [0.3, 0.4) is 0 Å². The molecule has 0 saturated carbocycles. The monoisotopic (exact) mass is 470 g/mol. The van der Waals surface area contributed by atoms with Crippen LogP contribution in [0.2, 0.25) is 0 Å². The van der Waals surface area contributed by atoms with Crippen molar-refractivity contribution in [2.75, 3.05) is 26.2 Å². The van der Waals surface area contributed by atoms with Crippen molar-refractivity contribution in [2.24, 2.45) is 4.99 Å². The number of nitrogens with zero attached hydrogens (tertiary/aromatic N) is 1. The highest BCUT2D eigenvalue weighted by Crippen LogP contribution is 2.22. The molecular formula is C20H31IN4O. The summed E-state index contributed by atoms with van der Waals surface area (Å²) in [5.74, 6) is 0.882. The summed E-state index contributed by atoms with van der Waals surface area (Å²) in [4.78, 5) is 8.11. The maximum Gasteiger partial charge on any atom is 0.191 e. The number of benzene rings is 1. The number of fused-ring (bicyclic) bond motifs is 1. The quantitative estimate of drug-likeness (QED) is 0.329. The zero-order valence-electron chi connectivity index (χ0n) is 15.8. The Morgan fingerprint density at radius 2 is 2.15 bits per heavy atom. The van der Waals surface area contributed by atoms with Crippen LogP contribution < -0.4 is 10.6 Å². The van der Waals surface area contributed by atoms with Gasteiger partial charge in [-0.1, -0.05) is 25.1 Å². The second kappa shape index (κ2) is 10.8. The van der Waals surface area contributed by atoms with E-state index in [0.717, 1.165) is 57.9 Å². The molecule has 5 nitrogen and oxygen atoms in total. The van der Waals surface area contributed by atoms with E-state index in [0.29, 0.717) is 0 Å². The third kappa shape index (κ3) is 5.36. The Bertz CT molecular complexity index is 707. The van der Waals surface area contributed by atoms with Gasteiger partial charge in [0.2, 0.25) is 0 Å². The smallest absolute Gasteiger partial charge is 0.191 e. The largest absolute Gasteiger partial charge is 0.376 e. The summed E-state index contributed by atoms with van der Waals surface area (Å²) >= 11 is 0. The zero-order chi connectivity index (χ0) is 17.5.